The second-order valence-corrected chi connectivity index (χ2v) is 5.91. The highest BCUT2D eigenvalue weighted by Crippen LogP contribution is 2.24. The van der Waals surface area contributed by atoms with Gasteiger partial charge in [0.2, 0.25) is 5.91 Å². The number of halogens is 1. The number of hydrogen-bond acceptors (Lipinski definition) is 3. The van der Waals surface area contributed by atoms with Crippen LogP contribution in [0.5, 0.6) is 0 Å². The number of amides is 2. The van der Waals surface area contributed by atoms with E-state index in [1.807, 2.05) is 6.07 Å². The van der Waals surface area contributed by atoms with E-state index in [9.17, 15) is 9.59 Å². The van der Waals surface area contributed by atoms with Crippen LogP contribution in [0, 0.1) is 0 Å². The van der Waals surface area contributed by atoms with E-state index in [-0.39, 0.29) is 5.84 Å². The summed E-state index contributed by atoms with van der Waals surface area (Å²) in [5, 5.41) is 2.60. The van der Waals surface area contributed by atoms with E-state index in [0.29, 0.717) is 5.56 Å². The number of amidine groups is 1. The molecule has 1 aromatic carbocycles. The molecule has 0 saturated heterocycles. The highest BCUT2D eigenvalue weighted by molar-refractivity contribution is 9.10. The fourth-order valence-corrected chi connectivity index (χ4v) is 2.21. The van der Waals surface area contributed by atoms with Crippen molar-refractivity contribution in [1.29, 1.82) is 0 Å². The van der Waals surface area contributed by atoms with E-state index < -0.39 is 23.3 Å². The lowest BCUT2D eigenvalue weighted by Gasteiger charge is -2.27. The second kappa shape index (κ2) is 4.86. The van der Waals surface area contributed by atoms with Gasteiger partial charge in [0.15, 0.2) is 0 Å². The lowest BCUT2D eigenvalue weighted by Crippen LogP contribution is -2.55. The Balaban J connectivity index is 2.38. The van der Waals surface area contributed by atoms with Crippen molar-refractivity contribution >= 4 is 33.6 Å². The quantitative estimate of drug-likeness (QED) is 0.805. The van der Waals surface area contributed by atoms with Gasteiger partial charge in [-0.05, 0) is 31.5 Å². The van der Waals surface area contributed by atoms with E-state index in [1.54, 1.807) is 32.0 Å². The fourth-order valence-electron chi connectivity index (χ4n) is 1.79. The molecule has 0 spiro atoms. The van der Waals surface area contributed by atoms with Gasteiger partial charge < -0.3 is 11.1 Å². The maximum absolute atomic E-state index is 12.1. The highest BCUT2D eigenvalue weighted by Gasteiger charge is 2.36. The Morgan fingerprint density at radius 1 is 1.37 bits per heavy atom. The molecule has 2 amide bonds. The molecule has 0 saturated carbocycles. The van der Waals surface area contributed by atoms with E-state index in [4.69, 9.17) is 5.73 Å². The van der Waals surface area contributed by atoms with Gasteiger partial charge >= 0.3 is 0 Å². The van der Waals surface area contributed by atoms with Crippen molar-refractivity contribution in [2.75, 3.05) is 0 Å². The Morgan fingerprint density at radius 2 is 2.05 bits per heavy atom. The summed E-state index contributed by atoms with van der Waals surface area (Å²) in [5.41, 5.74) is 5.59. The maximum Gasteiger partial charge on any atom is 0.264 e. The molecule has 1 atom stereocenters. The SMILES string of the molecule is CC(C)(N)C1=NC(=O)C(c2cccc(Br)c2)C(=O)N1. The molecule has 0 aliphatic carbocycles. The number of nitrogens with zero attached hydrogens (tertiary/aromatic N) is 1. The van der Waals surface area contributed by atoms with Crippen LogP contribution >= 0.6 is 15.9 Å². The standard InChI is InChI=1S/C13H14BrN3O2/c1-13(2,15)12-16-10(18)9(11(19)17-12)7-4-3-5-8(14)6-7/h3-6,9H,15H2,1-2H3,(H,16,17,18,19). The van der Waals surface area contributed by atoms with Crippen LogP contribution in [0.2, 0.25) is 0 Å². The van der Waals surface area contributed by atoms with Gasteiger partial charge in [-0.1, -0.05) is 28.1 Å². The molecule has 2 rings (SSSR count). The van der Waals surface area contributed by atoms with Crippen molar-refractivity contribution in [2.45, 2.75) is 25.3 Å². The molecule has 0 bridgehead atoms. The first kappa shape index (κ1) is 13.9. The molecule has 0 fully saturated rings. The lowest BCUT2D eigenvalue weighted by atomic mass is 9.94. The van der Waals surface area contributed by atoms with Gasteiger partial charge in [-0.15, -0.1) is 0 Å². The summed E-state index contributed by atoms with van der Waals surface area (Å²) in [5.74, 6) is -1.60. The first-order valence-electron chi connectivity index (χ1n) is 5.77. The van der Waals surface area contributed by atoms with Gasteiger partial charge in [0.05, 0.1) is 5.54 Å². The molecular formula is C13H14BrN3O2. The number of carbonyl (C=O) groups is 2. The predicted octanol–water partition coefficient (Wildman–Crippen LogP) is 1.32. The molecule has 3 N–H and O–H groups in total. The smallest absolute Gasteiger partial charge is 0.264 e. The van der Waals surface area contributed by atoms with Gasteiger partial charge in [0, 0.05) is 4.47 Å². The Hall–Kier alpha value is -1.53. The minimum atomic E-state index is -0.913. The first-order chi connectivity index (χ1) is 8.79. The Labute approximate surface area is 119 Å². The van der Waals surface area contributed by atoms with Crippen LogP contribution < -0.4 is 11.1 Å². The van der Waals surface area contributed by atoms with Gasteiger partial charge in [0.1, 0.15) is 11.8 Å². The maximum atomic E-state index is 12.1. The average Bonchev–Trinajstić information content (AvgIpc) is 2.26. The number of nitrogens with one attached hydrogen (secondary N) is 1. The zero-order valence-electron chi connectivity index (χ0n) is 10.6. The molecular weight excluding hydrogens is 310 g/mol. The predicted molar refractivity (Wildman–Crippen MR) is 75.7 cm³/mol. The Kier molecular flexibility index (Phi) is 3.56. The zero-order valence-corrected chi connectivity index (χ0v) is 12.2. The number of rotatable bonds is 2. The van der Waals surface area contributed by atoms with Crippen molar-refractivity contribution in [1.82, 2.24) is 5.32 Å². The van der Waals surface area contributed by atoms with Crippen LogP contribution in [0.3, 0.4) is 0 Å². The lowest BCUT2D eigenvalue weighted by molar-refractivity contribution is -0.130. The van der Waals surface area contributed by atoms with Crippen LogP contribution in [0.1, 0.15) is 25.3 Å². The molecule has 6 heteroatoms. The third-order valence-corrected chi connectivity index (χ3v) is 3.26. The third kappa shape index (κ3) is 2.90. The normalized spacial score (nSPS) is 20.0. The third-order valence-electron chi connectivity index (χ3n) is 2.77. The van der Waals surface area contributed by atoms with E-state index in [1.165, 1.54) is 0 Å². The Bertz CT molecular complexity index is 575. The van der Waals surface area contributed by atoms with E-state index >= 15 is 0 Å². The molecule has 100 valence electrons. The van der Waals surface area contributed by atoms with Crippen LogP contribution in [0.15, 0.2) is 33.7 Å². The van der Waals surface area contributed by atoms with Gasteiger partial charge in [0.25, 0.3) is 5.91 Å². The highest BCUT2D eigenvalue weighted by atomic mass is 79.9. The van der Waals surface area contributed by atoms with Crippen molar-refractivity contribution in [3.05, 3.63) is 34.3 Å². The molecule has 19 heavy (non-hydrogen) atoms. The summed E-state index contributed by atoms with van der Waals surface area (Å²) >= 11 is 3.31. The topological polar surface area (TPSA) is 84.5 Å². The van der Waals surface area contributed by atoms with Gasteiger partial charge in [-0.25, -0.2) is 0 Å². The van der Waals surface area contributed by atoms with Gasteiger partial charge in [-0.2, -0.15) is 4.99 Å². The minimum Gasteiger partial charge on any atom is -0.319 e. The van der Waals surface area contributed by atoms with Crippen LogP contribution in [0.25, 0.3) is 0 Å². The molecule has 0 radical (unpaired) electrons. The second-order valence-electron chi connectivity index (χ2n) is 5.00. The molecule has 1 aliphatic heterocycles. The summed E-state index contributed by atoms with van der Waals surface area (Å²) in [4.78, 5) is 28.0. The summed E-state index contributed by atoms with van der Waals surface area (Å²) in [6.07, 6.45) is 0. The number of carbonyl (C=O) groups excluding carboxylic acids is 2. The van der Waals surface area contributed by atoms with Gasteiger partial charge in [-0.3, -0.25) is 9.59 Å². The molecule has 1 aromatic rings. The molecule has 1 aliphatic rings. The monoisotopic (exact) mass is 323 g/mol. The summed E-state index contributed by atoms with van der Waals surface area (Å²) in [7, 11) is 0. The largest absolute Gasteiger partial charge is 0.319 e. The average molecular weight is 324 g/mol. The van der Waals surface area contributed by atoms with Crippen molar-refractivity contribution in [3.8, 4) is 0 Å². The minimum absolute atomic E-state index is 0.203. The zero-order chi connectivity index (χ0) is 14.2. The summed E-state index contributed by atoms with van der Waals surface area (Å²) < 4.78 is 0.805. The van der Waals surface area contributed by atoms with Crippen molar-refractivity contribution in [2.24, 2.45) is 10.7 Å². The van der Waals surface area contributed by atoms with E-state index in [0.717, 1.165) is 4.47 Å². The molecule has 1 heterocycles. The van der Waals surface area contributed by atoms with E-state index in [2.05, 4.69) is 26.2 Å². The molecule has 0 aromatic heterocycles. The first-order valence-corrected chi connectivity index (χ1v) is 6.56. The van der Waals surface area contributed by atoms with Crippen molar-refractivity contribution < 1.29 is 9.59 Å². The number of nitrogens with two attached hydrogens (primary N) is 1. The fraction of sp³-hybridized carbons (Fsp3) is 0.308. The molecule has 1 unspecified atom stereocenters. The summed E-state index contributed by atoms with van der Waals surface area (Å²) in [6.45, 7) is 3.36. The number of benzene rings is 1. The number of aliphatic imine (C=N–C) groups is 1. The summed E-state index contributed by atoms with van der Waals surface area (Å²) in [6, 6.07) is 7.05. The van der Waals surface area contributed by atoms with Crippen LogP contribution in [-0.4, -0.2) is 23.2 Å². The van der Waals surface area contributed by atoms with Crippen molar-refractivity contribution in [3.63, 3.8) is 0 Å². The molecule has 5 nitrogen and oxygen atoms in total. The van der Waals surface area contributed by atoms with Crippen LogP contribution in [0.4, 0.5) is 0 Å². The van der Waals surface area contributed by atoms with Crippen LogP contribution in [-0.2, 0) is 9.59 Å². The Morgan fingerprint density at radius 3 is 2.58 bits per heavy atom. The number of hydrogen-bond donors (Lipinski definition) is 2.